The molecule has 0 fully saturated rings. The lowest BCUT2D eigenvalue weighted by atomic mass is 10.2. The summed E-state index contributed by atoms with van der Waals surface area (Å²) >= 11 is 7.45. The summed E-state index contributed by atoms with van der Waals surface area (Å²) in [6, 6.07) is 14.8. The van der Waals surface area contributed by atoms with Gasteiger partial charge < -0.3 is 14.8 Å². The van der Waals surface area contributed by atoms with Crippen LogP contribution in [0.4, 0.5) is 0 Å². The van der Waals surface area contributed by atoms with Crippen LogP contribution in [0.15, 0.2) is 53.4 Å². The second kappa shape index (κ2) is 10.3. The van der Waals surface area contributed by atoms with Crippen LogP contribution in [0.5, 0.6) is 11.5 Å². The van der Waals surface area contributed by atoms with Gasteiger partial charge in [0.2, 0.25) is 5.91 Å². The van der Waals surface area contributed by atoms with E-state index < -0.39 is 0 Å². The van der Waals surface area contributed by atoms with E-state index in [4.69, 9.17) is 21.1 Å². The highest BCUT2D eigenvalue weighted by molar-refractivity contribution is 8.00. The first-order valence-electron chi connectivity index (χ1n) is 8.51. The fraction of sp³-hybridized carbons (Fsp3) is 0.350. The van der Waals surface area contributed by atoms with Crippen molar-refractivity contribution in [3.8, 4) is 11.5 Å². The van der Waals surface area contributed by atoms with E-state index >= 15 is 0 Å². The Labute approximate surface area is 164 Å². The molecule has 0 aliphatic carbocycles. The molecule has 1 N–H and O–H groups in total. The maximum Gasteiger partial charge on any atom is 0.233 e. The number of methoxy groups -OCH3 is 1. The summed E-state index contributed by atoms with van der Waals surface area (Å²) in [6.07, 6.45) is 0.741. The SMILES string of the molecule is CC[C@H](Sc1ccc(Cl)cc1)C(=O)N[C@@H](C)COc1ccc(OC)cc1. The normalized spacial score (nSPS) is 12.9. The van der Waals surface area contributed by atoms with Gasteiger partial charge >= 0.3 is 0 Å². The fourth-order valence-electron chi connectivity index (χ4n) is 2.27. The number of hydrogen-bond donors (Lipinski definition) is 1. The summed E-state index contributed by atoms with van der Waals surface area (Å²) in [6.45, 7) is 4.34. The van der Waals surface area contributed by atoms with E-state index in [-0.39, 0.29) is 17.2 Å². The van der Waals surface area contributed by atoms with Crippen molar-refractivity contribution in [3.63, 3.8) is 0 Å². The minimum atomic E-state index is -0.153. The molecule has 0 unspecified atom stereocenters. The quantitative estimate of drug-likeness (QED) is 0.621. The van der Waals surface area contributed by atoms with Crippen molar-refractivity contribution in [3.05, 3.63) is 53.6 Å². The highest BCUT2D eigenvalue weighted by Crippen LogP contribution is 2.27. The van der Waals surface area contributed by atoms with Gasteiger partial charge in [-0.3, -0.25) is 4.79 Å². The predicted molar refractivity (Wildman–Crippen MR) is 107 cm³/mol. The summed E-state index contributed by atoms with van der Waals surface area (Å²) < 4.78 is 10.8. The molecule has 0 radical (unpaired) electrons. The molecule has 0 aliphatic rings. The largest absolute Gasteiger partial charge is 0.497 e. The molecular weight excluding hydrogens is 370 g/mol. The van der Waals surface area contributed by atoms with Gasteiger partial charge in [-0.1, -0.05) is 18.5 Å². The molecule has 2 rings (SSSR count). The zero-order valence-electron chi connectivity index (χ0n) is 15.2. The van der Waals surface area contributed by atoms with Gasteiger partial charge in [0.25, 0.3) is 0 Å². The van der Waals surface area contributed by atoms with Crippen LogP contribution in [0.3, 0.4) is 0 Å². The van der Waals surface area contributed by atoms with Crippen LogP contribution >= 0.6 is 23.4 Å². The molecule has 2 atom stereocenters. The summed E-state index contributed by atoms with van der Waals surface area (Å²) in [5.41, 5.74) is 0. The number of thioether (sulfide) groups is 1. The van der Waals surface area contributed by atoms with Crippen molar-refractivity contribution in [2.45, 2.75) is 36.5 Å². The molecule has 0 saturated heterocycles. The van der Waals surface area contributed by atoms with E-state index in [2.05, 4.69) is 5.32 Å². The van der Waals surface area contributed by atoms with Gasteiger partial charge in [-0.25, -0.2) is 0 Å². The lowest BCUT2D eigenvalue weighted by Crippen LogP contribution is -2.41. The van der Waals surface area contributed by atoms with E-state index in [1.165, 1.54) is 0 Å². The lowest BCUT2D eigenvalue weighted by Gasteiger charge is -2.19. The highest BCUT2D eigenvalue weighted by atomic mass is 35.5. The highest BCUT2D eigenvalue weighted by Gasteiger charge is 2.19. The van der Waals surface area contributed by atoms with Gasteiger partial charge in [-0.2, -0.15) is 0 Å². The lowest BCUT2D eigenvalue weighted by molar-refractivity contribution is -0.121. The number of benzene rings is 2. The Morgan fingerprint density at radius 3 is 2.31 bits per heavy atom. The molecule has 140 valence electrons. The number of halogens is 1. The number of hydrogen-bond acceptors (Lipinski definition) is 4. The Bertz CT molecular complexity index is 691. The molecule has 0 spiro atoms. The van der Waals surface area contributed by atoms with Crippen molar-refractivity contribution in [2.24, 2.45) is 0 Å². The van der Waals surface area contributed by atoms with E-state index in [0.717, 1.165) is 22.8 Å². The zero-order chi connectivity index (χ0) is 18.9. The Morgan fingerprint density at radius 2 is 1.73 bits per heavy atom. The molecule has 0 aliphatic heterocycles. The van der Waals surface area contributed by atoms with Crippen molar-refractivity contribution in [2.75, 3.05) is 13.7 Å². The van der Waals surface area contributed by atoms with E-state index in [1.807, 2.05) is 62.4 Å². The van der Waals surface area contributed by atoms with Crippen LogP contribution in [-0.4, -0.2) is 30.9 Å². The first kappa shape index (κ1) is 20.5. The van der Waals surface area contributed by atoms with E-state index in [9.17, 15) is 4.79 Å². The smallest absolute Gasteiger partial charge is 0.233 e. The summed E-state index contributed by atoms with van der Waals surface area (Å²) in [4.78, 5) is 13.5. The van der Waals surface area contributed by atoms with Gasteiger partial charge in [0.1, 0.15) is 18.1 Å². The molecule has 0 aromatic heterocycles. The van der Waals surface area contributed by atoms with E-state index in [1.54, 1.807) is 18.9 Å². The molecule has 2 aromatic rings. The standard InChI is InChI=1S/C20H24ClNO3S/c1-4-19(26-18-11-5-15(21)6-12-18)20(23)22-14(2)13-25-17-9-7-16(24-3)8-10-17/h5-12,14,19H,4,13H2,1-3H3,(H,22,23)/t14-,19-/m0/s1. The summed E-state index contributed by atoms with van der Waals surface area (Å²) in [7, 11) is 1.62. The average molecular weight is 394 g/mol. The fourth-order valence-corrected chi connectivity index (χ4v) is 3.36. The van der Waals surface area contributed by atoms with Gasteiger partial charge in [0.05, 0.1) is 18.4 Å². The minimum Gasteiger partial charge on any atom is -0.497 e. The molecular formula is C20H24ClNO3S. The average Bonchev–Trinajstić information content (AvgIpc) is 2.66. The zero-order valence-corrected chi connectivity index (χ0v) is 16.8. The number of amides is 1. The monoisotopic (exact) mass is 393 g/mol. The topological polar surface area (TPSA) is 47.6 Å². The molecule has 0 saturated carbocycles. The van der Waals surface area contributed by atoms with Gasteiger partial charge in [-0.05, 0) is 61.9 Å². The van der Waals surface area contributed by atoms with Gasteiger partial charge in [0.15, 0.2) is 0 Å². The predicted octanol–water partition coefficient (Wildman–Crippen LogP) is 4.80. The van der Waals surface area contributed by atoms with Crippen LogP contribution in [0.25, 0.3) is 0 Å². The van der Waals surface area contributed by atoms with Crippen LogP contribution in [0.2, 0.25) is 5.02 Å². The maximum atomic E-state index is 12.5. The molecule has 2 aromatic carbocycles. The molecule has 4 nitrogen and oxygen atoms in total. The minimum absolute atomic E-state index is 0.0123. The number of ether oxygens (including phenoxy) is 2. The maximum absolute atomic E-state index is 12.5. The first-order valence-corrected chi connectivity index (χ1v) is 9.77. The Morgan fingerprint density at radius 1 is 1.12 bits per heavy atom. The van der Waals surface area contributed by atoms with Crippen molar-refractivity contribution in [1.29, 1.82) is 0 Å². The Hall–Kier alpha value is -1.85. The number of carbonyl (C=O) groups excluding carboxylic acids is 1. The molecule has 0 heterocycles. The third kappa shape index (κ3) is 6.46. The first-order chi connectivity index (χ1) is 12.5. The van der Waals surface area contributed by atoms with E-state index in [0.29, 0.717) is 11.6 Å². The molecule has 26 heavy (non-hydrogen) atoms. The Kier molecular flexibility index (Phi) is 8.13. The molecule has 1 amide bonds. The summed E-state index contributed by atoms with van der Waals surface area (Å²) in [5.74, 6) is 1.54. The van der Waals surface area contributed by atoms with Gasteiger partial charge in [-0.15, -0.1) is 11.8 Å². The number of carbonyl (C=O) groups is 1. The molecule has 0 bridgehead atoms. The van der Waals surface area contributed by atoms with Crippen LogP contribution in [0.1, 0.15) is 20.3 Å². The van der Waals surface area contributed by atoms with Crippen molar-refractivity contribution in [1.82, 2.24) is 5.32 Å². The molecule has 6 heteroatoms. The van der Waals surface area contributed by atoms with Crippen LogP contribution < -0.4 is 14.8 Å². The second-order valence-corrected chi connectivity index (χ2v) is 7.58. The van der Waals surface area contributed by atoms with Crippen molar-refractivity contribution >= 4 is 29.3 Å². The second-order valence-electron chi connectivity index (χ2n) is 5.86. The van der Waals surface area contributed by atoms with Gasteiger partial charge in [0, 0.05) is 9.92 Å². The Balaban J connectivity index is 1.82. The summed E-state index contributed by atoms with van der Waals surface area (Å²) in [5, 5.41) is 3.56. The third-order valence-electron chi connectivity index (χ3n) is 3.70. The van der Waals surface area contributed by atoms with Crippen LogP contribution in [-0.2, 0) is 4.79 Å². The number of nitrogens with one attached hydrogen (secondary N) is 1. The van der Waals surface area contributed by atoms with Crippen LogP contribution in [0, 0.1) is 0 Å². The third-order valence-corrected chi connectivity index (χ3v) is 5.33. The van der Waals surface area contributed by atoms with Crippen molar-refractivity contribution < 1.29 is 14.3 Å². The number of rotatable bonds is 9.